The summed E-state index contributed by atoms with van der Waals surface area (Å²) in [4.78, 5) is 0. The first-order valence-electron chi connectivity index (χ1n) is 2.09. The van der Waals surface area contributed by atoms with Gasteiger partial charge in [-0.15, -0.1) is 3.89 Å². The molecule has 1 aliphatic rings. The van der Waals surface area contributed by atoms with Gasteiger partial charge in [-0.2, -0.15) is 8.42 Å². The molecule has 1 aliphatic carbocycles. The normalized spacial score (nSPS) is 25.2. The van der Waals surface area contributed by atoms with Crippen LogP contribution in [0.15, 0.2) is 0 Å². The molecule has 1 fully saturated rings. The smallest absolute Gasteiger partial charge is 0.193 e. The predicted octanol–water partition coefficient (Wildman–Crippen LogP) is 1.17. The molecule has 0 aliphatic heterocycles. The van der Waals surface area contributed by atoms with Crippen molar-refractivity contribution in [3.05, 3.63) is 0 Å². The van der Waals surface area contributed by atoms with Gasteiger partial charge >= 0.3 is 10.2 Å². The van der Waals surface area contributed by atoms with E-state index in [1.165, 1.54) is 0 Å². The zero-order valence-electron chi connectivity index (χ0n) is 3.89. The van der Waals surface area contributed by atoms with Gasteiger partial charge in [-0.25, -0.2) is 0 Å². The van der Waals surface area contributed by atoms with E-state index in [2.05, 4.69) is 15.9 Å². The van der Waals surface area contributed by atoms with Gasteiger partial charge in [-0.1, -0.05) is 15.9 Å². The third-order valence-corrected chi connectivity index (χ3v) is 4.32. The van der Waals surface area contributed by atoms with E-state index < -0.39 is 13.9 Å². The lowest BCUT2D eigenvalue weighted by Crippen LogP contribution is -2.08. The van der Waals surface area contributed by atoms with Gasteiger partial charge < -0.3 is 0 Å². The van der Waals surface area contributed by atoms with E-state index in [0.717, 1.165) is 0 Å². The molecule has 1 rings (SSSR count). The van der Waals surface area contributed by atoms with Gasteiger partial charge in [0, 0.05) is 0 Å². The Balaban J connectivity index is 2.90. The van der Waals surface area contributed by atoms with Gasteiger partial charge in [0.2, 0.25) is 0 Å². The predicted molar refractivity (Wildman–Crippen MR) is 30.9 cm³/mol. The third-order valence-electron chi connectivity index (χ3n) is 1.08. The summed E-state index contributed by atoms with van der Waals surface area (Å²) < 4.78 is 30.7. The largest absolute Gasteiger partial charge is 0.318 e. The van der Waals surface area contributed by atoms with Crippen LogP contribution in [0, 0.1) is 0 Å². The zero-order valence-corrected chi connectivity index (χ0v) is 6.30. The summed E-state index contributed by atoms with van der Waals surface area (Å²) in [6.45, 7) is 0. The molecule has 0 N–H and O–H groups in total. The van der Waals surface area contributed by atoms with Crippen molar-refractivity contribution in [1.29, 1.82) is 0 Å². The molecule has 48 valence electrons. The molecule has 8 heavy (non-hydrogen) atoms. The van der Waals surface area contributed by atoms with Gasteiger partial charge in [0.15, 0.2) is 3.66 Å². The van der Waals surface area contributed by atoms with Crippen molar-refractivity contribution >= 4 is 26.2 Å². The first-order chi connectivity index (χ1) is 3.46. The quantitative estimate of drug-likeness (QED) is 0.473. The summed E-state index contributed by atoms with van der Waals surface area (Å²) in [5.41, 5.74) is 0. The van der Waals surface area contributed by atoms with Crippen LogP contribution in [0.3, 0.4) is 0 Å². The second kappa shape index (κ2) is 1.44. The highest BCUT2D eigenvalue weighted by Gasteiger charge is 2.53. The summed E-state index contributed by atoms with van der Waals surface area (Å²) in [6, 6.07) is 0. The van der Waals surface area contributed by atoms with Gasteiger partial charge in [0.1, 0.15) is 0 Å². The topological polar surface area (TPSA) is 34.1 Å². The van der Waals surface area contributed by atoms with Crippen LogP contribution in [-0.2, 0) is 10.2 Å². The lowest BCUT2D eigenvalue weighted by atomic mass is 11.0. The van der Waals surface area contributed by atoms with Crippen LogP contribution in [0.2, 0.25) is 0 Å². The molecule has 0 aromatic heterocycles. The standard InChI is InChI=1S/C3H4BrFO2S/c4-3(1-2-3)8(5,6)7/h1-2H2. The number of alkyl halides is 1. The van der Waals surface area contributed by atoms with Crippen molar-refractivity contribution in [2.45, 2.75) is 16.5 Å². The highest BCUT2D eigenvalue weighted by Crippen LogP contribution is 2.49. The van der Waals surface area contributed by atoms with Crippen molar-refractivity contribution in [2.24, 2.45) is 0 Å². The zero-order chi connectivity index (χ0) is 6.41. The molecule has 0 unspecified atom stereocenters. The Labute approximate surface area is 55.4 Å². The highest BCUT2D eigenvalue weighted by atomic mass is 79.9. The summed E-state index contributed by atoms with van der Waals surface area (Å²) in [7, 11) is -4.31. The van der Waals surface area contributed by atoms with Crippen LogP contribution < -0.4 is 0 Å². The molecule has 0 aromatic carbocycles. The molecule has 0 atom stereocenters. The average molecular weight is 203 g/mol. The lowest BCUT2D eigenvalue weighted by Gasteiger charge is -1.94. The van der Waals surface area contributed by atoms with Crippen molar-refractivity contribution < 1.29 is 12.3 Å². The Hall–Kier alpha value is 0.360. The van der Waals surface area contributed by atoms with Gasteiger partial charge in [0.05, 0.1) is 0 Å². The molecule has 0 heterocycles. The molecule has 2 nitrogen and oxygen atoms in total. The number of halogens is 2. The van der Waals surface area contributed by atoms with Crippen molar-refractivity contribution in [1.82, 2.24) is 0 Å². The van der Waals surface area contributed by atoms with Crippen LogP contribution >= 0.6 is 15.9 Å². The Kier molecular flexibility index (Phi) is 1.17. The molecule has 0 aromatic rings. The molecule has 0 radical (unpaired) electrons. The van der Waals surface area contributed by atoms with E-state index in [9.17, 15) is 12.3 Å². The third kappa shape index (κ3) is 0.886. The molecule has 0 amide bonds. The minimum atomic E-state index is -4.31. The Morgan fingerprint density at radius 2 is 1.88 bits per heavy atom. The second-order valence-electron chi connectivity index (χ2n) is 1.82. The van der Waals surface area contributed by atoms with Crippen LogP contribution in [-0.4, -0.2) is 12.1 Å². The summed E-state index contributed by atoms with van der Waals surface area (Å²) in [5, 5.41) is 0. The van der Waals surface area contributed by atoms with Gasteiger partial charge in [-0.3, -0.25) is 0 Å². The van der Waals surface area contributed by atoms with E-state index >= 15 is 0 Å². The van der Waals surface area contributed by atoms with Crippen LogP contribution in [0.5, 0.6) is 0 Å². The van der Waals surface area contributed by atoms with E-state index in [1.54, 1.807) is 0 Å². The van der Waals surface area contributed by atoms with E-state index in [0.29, 0.717) is 12.8 Å². The Morgan fingerprint density at radius 1 is 1.50 bits per heavy atom. The maximum Gasteiger partial charge on any atom is 0.318 e. The number of hydrogen-bond donors (Lipinski definition) is 0. The van der Waals surface area contributed by atoms with Crippen molar-refractivity contribution in [3.8, 4) is 0 Å². The first-order valence-corrected chi connectivity index (χ1v) is 4.26. The molecular weight excluding hydrogens is 199 g/mol. The fourth-order valence-corrected chi connectivity index (χ4v) is 1.13. The van der Waals surface area contributed by atoms with Crippen LogP contribution in [0.1, 0.15) is 12.8 Å². The molecule has 0 bridgehead atoms. The lowest BCUT2D eigenvalue weighted by molar-refractivity contribution is 0.548. The van der Waals surface area contributed by atoms with Crippen molar-refractivity contribution in [3.63, 3.8) is 0 Å². The SMILES string of the molecule is O=S(=O)(F)C1(Br)CC1. The number of hydrogen-bond acceptors (Lipinski definition) is 2. The fraction of sp³-hybridized carbons (Fsp3) is 1.00. The van der Waals surface area contributed by atoms with E-state index in [1.807, 2.05) is 0 Å². The van der Waals surface area contributed by atoms with E-state index in [-0.39, 0.29) is 0 Å². The van der Waals surface area contributed by atoms with Crippen LogP contribution in [0.25, 0.3) is 0 Å². The maximum atomic E-state index is 11.9. The summed E-state index contributed by atoms with van der Waals surface area (Å²) >= 11 is 2.75. The minimum Gasteiger partial charge on any atom is -0.193 e. The van der Waals surface area contributed by atoms with E-state index in [4.69, 9.17) is 0 Å². The van der Waals surface area contributed by atoms with Gasteiger partial charge in [-0.05, 0) is 12.8 Å². The minimum absolute atomic E-state index is 0.395. The average Bonchev–Trinajstić information content (AvgIpc) is 2.16. The Bertz CT molecular complexity index is 193. The van der Waals surface area contributed by atoms with Crippen molar-refractivity contribution in [2.75, 3.05) is 0 Å². The monoisotopic (exact) mass is 202 g/mol. The molecule has 0 spiro atoms. The maximum absolute atomic E-state index is 11.9. The molecular formula is C3H4BrFO2S. The summed E-state index contributed by atoms with van der Waals surface area (Å²) in [6.07, 6.45) is 0.789. The summed E-state index contributed by atoms with van der Waals surface area (Å²) in [5.74, 6) is 0. The first kappa shape index (κ1) is 6.48. The molecule has 5 heteroatoms. The Morgan fingerprint density at radius 3 is 1.88 bits per heavy atom. The molecule has 0 saturated heterocycles. The van der Waals surface area contributed by atoms with Gasteiger partial charge in [0.25, 0.3) is 0 Å². The highest BCUT2D eigenvalue weighted by molar-refractivity contribution is 9.11. The fourth-order valence-electron chi connectivity index (χ4n) is 0.342. The second-order valence-corrected chi connectivity index (χ2v) is 5.52. The molecule has 1 saturated carbocycles. The van der Waals surface area contributed by atoms with Crippen LogP contribution in [0.4, 0.5) is 3.89 Å². The number of rotatable bonds is 1.